The van der Waals surface area contributed by atoms with E-state index >= 15 is 0 Å². The van der Waals surface area contributed by atoms with Gasteiger partial charge in [-0.25, -0.2) is 0 Å². The second-order valence-electron chi connectivity index (χ2n) is 6.88. The van der Waals surface area contributed by atoms with Crippen LogP contribution in [0.1, 0.15) is 19.8 Å². The number of likely N-dealkylation sites (N-methyl/N-ethyl adjacent to an activating group) is 1. The van der Waals surface area contributed by atoms with Crippen LogP contribution in [0.3, 0.4) is 0 Å². The van der Waals surface area contributed by atoms with Crippen LogP contribution in [0.5, 0.6) is 0 Å². The molecule has 0 radical (unpaired) electrons. The highest BCUT2D eigenvalue weighted by Gasteiger charge is 2.43. The summed E-state index contributed by atoms with van der Waals surface area (Å²) in [6.07, 6.45) is 2.02. The Kier molecular flexibility index (Phi) is 4.76. The van der Waals surface area contributed by atoms with E-state index in [-0.39, 0.29) is 18.4 Å². The quantitative estimate of drug-likeness (QED) is 0.879. The first-order valence-electron chi connectivity index (χ1n) is 8.61. The predicted octanol–water partition coefficient (Wildman–Crippen LogP) is 3.60. The van der Waals surface area contributed by atoms with Gasteiger partial charge in [0.15, 0.2) is 0 Å². The molecule has 1 fully saturated rings. The third-order valence-electron chi connectivity index (χ3n) is 4.81. The van der Waals surface area contributed by atoms with Gasteiger partial charge in [-0.05, 0) is 37.3 Å². The molecule has 25 heavy (non-hydrogen) atoms. The van der Waals surface area contributed by atoms with Crippen molar-refractivity contribution < 1.29 is 4.79 Å². The van der Waals surface area contributed by atoms with E-state index in [1.807, 2.05) is 55.3 Å². The second-order valence-corrected chi connectivity index (χ2v) is 6.88. The average Bonchev–Trinajstić information content (AvgIpc) is 3.48. The van der Waals surface area contributed by atoms with Crippen LogP contribution < -0.4 is 10.2 Å². The standard InChI is InChI=1S/C21H23N3O/c1-21(15-22,17-12-13-17)23-20(25)14-24(2)19-11-7-6-10-18(19)16-8-4-3-5-9-16/h3-11,17H,12-14H2,1-2H3,(H,23,25)/t21-/m1/s1. The summed E-state index contributed by atoms with van der Waals surface area (Å²) in [5.74, 6) is 0.157. The number of hydrogen-bond donors (Lipinski definition) is 1. The topological polar surface area (TPSA) is 56.1 Å². The van der Waals surface area contributed by atoms with Crippen LogP contribution in [-0.4, -0.2) is 25.0 Å². The molecule has 0 bridgehead atoms. The number of nitrogens with zero attached hydrogens (tertiary/aromatic N) is 2. The van der Waals surface area contributed by atoms with Crippen LogP contribution in [0.2, 0.25) is 0 Å². The second kappa shape index (κ2) is 6.98. The minimum absolute atomic E-state index is 0.124. The van der Waals surface area contributed by atoms with E-state index in [2.05, 4.69) is 29.6 Å². The maximum atomic E-state index is 12.5. The molecule has 0 aromatic heterocycles. The van der Waals surface area contributed by atoms with Crippen molar-refractivity contribution >= 4 is 11.6 Å². The monoisotopic (exact) mass is 333 g/mol. The molecular formula is C21H23N3O. The maximum Gasteiger partial charge on any atom is 0.240 e. The summed E-state index contributed by atoms with van der Waals surface area (Å²) in [7, 11) is 1.90. The Morgan fingerprint density at radius 2 is 1.84 bits per heavy atom. The minimum Gasteiger partial charge on any atom is -0.365 e. The van der Waals surface area contributed by atoms with Gasteiger partial charge in [-0.1, -0.05) is 48.5 Å². The van der Waals surface area contributed by atoms with Gasteiger partial charge in [0.25, 0.3) is 0 Å². The number of anilines is 1. The third kappa shape index (κ3) is 3.83. The number of carbonyl (C=O) groups is 1. The van der Waals surface area contributed by atoms with Gasteiger partial charge < -0.3 is 10.2 Å². The summed E-state index contributed by atoms with van der Waals surface area (Å²) in [4.78, 5) is 14.4. The number of hydrogen-bond acceptors (Lipinski definition) is 3. The van der Waals surface area contributed by atoms with Crippen molar-refractivity contribution in [2.45, 2.75) is 25.3 Å². The first kappa shape index (κ1) is 17.0. The van der Waals surface area contributed by atoms with Gasteiger partial charge in [0.1, 0.15) is 5.54 Å². The Morgan fingerprint density at radius 3 is 2.48 bits per heavy atom. The lowest BCUT2D eigenvalue weighted by atomic mass is 9.98. The van der Waals surface area contributed by atoms with Crippen LogP contribution >= 0.6 is 0 Å². The molecule has 1 aliphatic carbocycles. The van der Waals surface area contributed by atoms with Crippen molar-refractivity contribution in [1.29, 1.82) is 5.26 Å². The summed E-state index contributed by atoms with van der Waals surface area (Å²) in [5, 5.41) is 12.3. The molecule has 128 valence electrons. The van der Waals surface area contributed by atoms with Crippen LogP contribution in [0, 0.1) is 17.2 Å². The van der Waals surface area contributed by atoms with E-state index in [1.165, 1.54) is 0 Å². The van der Waals surface area contributed by atoms with Gasteiger partial charge in [-0.2, -0.15) is 5.26 Å². The normalized spacial score (nSPS) is 15.7. The highest BCUT2D eigenvalue weighted by atomic mass is 16.2. The molecule has 0 unspecified atom stereocenters. The fraction of sp³-hybridized carbons (Fsp3) is 0.333. The Hall–Kier alpha value is -2.80. The fourth-order valence-electron chi connectivity index (χ4n) is 3.18. The molecule has 2 aromatic carbocycles. The zero-order valence-electron chi connectivity index (χ0n) is 14.7. The first-order chi connectivity index (χ1) is 12.0. The number of benzene rings is 2. The SMILES string of the molecule is CN(CC(=O)N[C@](C)(C#N)C1CC1)c1ccccc1-c1ccccc1. The van der Waals surface area contributed by atoms with Crippen molar-refractivity contribution in [3.63, 3.8) is 0 Å². The van der Waals surface area contributed by atoms with Gasteiger partial charge in [0.05, 0.1) is 12.6 Å². The molecule has 1 atom stereocenters. The van der Waals surface area contributed by atoms with E-state index in [4.69, 9.17) is 0 Å². The van der Waals surface area contributed by atoms with Gasteiger partial charge in [0, 0.05) is 18.3 Å². The van der Waals surface area contributed by atoms with E-state index in [0.29, 0.717) is 0 Å². The molecular weight excluding hydrogens is 310 g/mol. The van der Waals surface area contributed by atoms with Gasteiger partial charge in [0.2, 0.25) is 5.91 Å². The predicted molar refractivity (Wildman–Crippen MR) is 100 cm³/mol. The van der Waals surface area contributed by atoms with Gasteiger partial charge in [-0.3, -0.25) is 4.79 Å². The van der Waals surface area contributed by atoms with Crippen molar-refractivity contribution in [2.24, 2.45) is 5.92 Å². The molecule has 2 aromatic rings. The highest BCUT2D eigenvalue weighted by molar-refractivity contribution is 5.85. The molecule has 1 saturated carbocycles. The zero-order valence-corrected chi connectivity index (χ0v) is 14.7. The van der Waals surface area contributed by atoms with Gasteiger partial charge in [-0.15, -0.1) is 0 Å². The molecule has 0 spiro atoms. The number of para-hydroxylation sites is 1. The third-order valence-corrected chi connectivity index (χ3v) is 4.81. The number of rotatable bonds is 6. The largest absolute Gasteiger partial charge is 0.365 e. The summed E-state index contributed by atoms with van der Waals surface area (Å²) in [5.41, 5.74) is 2.44. The lowest BCUT2D eigenvalue weighted by Gasteiger charge is -2.26. The first-order valence-corrected chi connectivity index (χ1v) is 8.61. The number of amides is 1. The van der Waals surface area contributed by atoms with E-state index < -0.39 is 5.54 Å². The van der Waals surface area contributed by atoms with Gasteiger partial charge >= 0.3 is 0 Å². The number of nitriles is 1. The highest BCUT2D eigenvalue weighted by Crippen LogP contribution is 2.39. The molecule has 0 saturated heterocycles. The summed E-state index contributed by atoms with van der Waals surface area (Å²) >= 11 is 0. The van der Waals surface area contributed by atoms with Crippen LogP contribution in [-0.2, 0) is 4.79 Å². The molecule has 4 heteroatoms. The molecule has 1 N–H and O–H groups in total. The summed E-state index contributed by atoms with van der Waals surface area (Å²) in [6.45, 7) is 2.04. The van der Waals surface area contributed by atoms with E-state index in [9.17, 15) is 10.1 Å². The average molecular weight is 333 g/mol. The Bertz CT molecular complexity index is 792. The molecule has 3 rings (SSSR count). The molecule has 0 aliphatic heterocycles. The summed E-state index contributed by atoms with van der Waals surface area (Å²) < 4.78 is 0. The van der Waals surface area contributed by atoms with Crippen molar-refractivity contribution in [3.05, 3.63) is 54.6 Å². The van der Waals surface area contributed by atoms with E-state index in [1.54, 1.807) is 0 Å². The van der Waals surface area contributed by atoms with Crippen molar-refractivity contribution in [2.75, 3.05) is 18.5 Å². The van der Waals surface area contributed by atoms with E-state index in [0.717, 1.165) is 29.7 Å². The lowest BCUT2D eigenvalue weighted by Crippen LogP contribution is -2.49. The number of carbonyl (C=O) groups excluding carboxylic acids is 1. The lowest BCUT2D eigenvalue weighted by molar-refractivity contribution is -0.121. The molecule has 0 heterocycles. The minimum atomic E-state index is -0.753. The summed E-state index contributed by atoms with van der Waals surface area (Å²) in [6, 6.07) is 20.4. The van der Waals surface area contributed by atoms with Crippen LogP contribution in [0.25, 0.3) is 11.1 Å². The molecule has 4 nitrogen and oxygen atoms in total. The fourth-order valence-corrected chi connectivity index (χ4v) is 3.18. The Labute approximate surface area is 149 Å². The molecule has 1 aliphatic rings. The maximum absolute atomic E-state index is 12.5. The Morgan fingerprint density at radius 1 is 1.20 bits per heavy atom. The number of nitrogens with one attached hydrogen (secondary N) is 1. The van der Waals surface area contributed by atoms with Crippen molar-refractivity contribution in [1.82, 2.24) is 5.32 Å². The van der Waals surface area contributed by atoms with Crippen LogP contribution in [0.4, 0.5) is 5.69 Å². The van der Waals surface area contributed by atoms with Crippen molar-refractivity contribution in [3.8, 4) is 17.2 Å². The van der Waals surface area contributed by atoms with Crippen LogP contribution in [0.15, 0.2) is 54.6 Å². The smallest absolute Gasteiger partial charge is 0.240 e. The zero-order chi connectivity index (χ0) is 17.9. The molecule has 1 amide bonds. The Balaban J connectivity index is 1.75.